The van der Waals surface area contributed by atoms with E-state index in [2.05, 4.69) is 9.36 Å². The van der Waals surface area contributed by atoms with E-state index in [9.17, 15) is 13.2 Å². The lowest BCUT2D eigenvalue weighted by atomic mass is 10.2. The third kappa shape index (κ3) is 3.56. The molecule has 0 aliphatic carbocycles. The molecule has 0 fully saturated rings. The fraction of sp³-hybridized carbons (Fsp3) is 0.667. The van der Waals surface area contributed by atoms with Crippen LogP contribution in [-0.4, -0.2) is 22.4 Å². The molecule has 0 bridgehead atoms. The molecule has 0 aliphatic rings. The molecule has 0 N–H and O–H groups in total. The first-order valence-electron chi connectivity index (χ1n) is 4.94. The minimum absolute atomic E-state index is 0.196. The highest BCUT2D eigenvalue weighted by molar-refractivity contribution is 7.09. The Bertz CT molecular complexity index is 409. The molecule has 0 saturated heterocycles. The molecule has 1 atom stereocenters. The SMILES string of the molecule is CCN(CC(C)C#N)c1nc(C(F)(F)F)ns1. The average molecular weight is 264 g/mol. The van der Waals surface area contributed by atoms with Crippen LogP contribution < -0.4 is 4.90 Å². The Balaban J connectivity index is 2.84. The van der Waals surface area contributed by atoms with Crippen LogP contribution in [0.25, 0.3) is 0 Å². The van der Waals surface area contributed by atoms with Crippen LogP contribution >= 0.6 is 11.5 Å². The quantitative estimate of drug-likeness (QED) is 0.838. The maximum absolute atomic E-state index is 12.3. The Kier molecular flexibility index (Phi) is 4.28. The number of aromatic nitrogens is 2. The van der Waals surface area contributed by atoms with Crippen LogP contribution in [0.4, 0.5) is 18.3 Å². The molecular formula is C9H11F3N4S. The van der Waals surface area contributed by atoms with Crippen LogP contribution in [0.1, 0.15) is 19.7 Å². The summed E-state index contributed by atoms with van der Waals surface area (Å²) in [4.78, 5) is 5.05. The van der Waals surface area contributed by atoms with Gasteiger partial charge in [0.1, 0.15) is 0 Å². The van der Waals surface area contributed by atoms with E-state index in [-0.39, 0.29) is 11.0 Å². The highest BCUT2D eigenvalue weighted by atomic mass is 32.1. The van der Waals surface area contributed by atoms with E-state index >= 15 is 0 Å². The van der Waals surface area contributed by atoms with E-state index in [1.807, 2.05) is 6.07 Å². The summed E-state index contributed by atoms with van der Waals surface area (Å²) in [6.07, 6.45) is -4.52. The van der Waals surface area contributed by atoms with Gasteiger partial charge in [0.05, 0.1) is 12.0 Å². The topological polar surface area (TPSA) is 52.8 Å². The van der Waals surface area contributed by atoms with Crippen molar-refractivity contribution in [2.45, 2.75) is 20.0 Å². The Labute approximate surface area is 101 Å². The molecule has 1 aromatic rings. The van der Waals surface area contributed by atoms with Crippen molar-refractivity contribution in [1.82, 2.24) is 9.36 Å². The molecule has 0 saturated carbocycles. The molecule has 1 heterocycles. The number of hydrogen-bond donors (Lipinski definition) is 0. The zero-order valence-electron chi connectivity index (χ0n) is 9.32. The molecule has 94 valence electrons. The lowest BCUT2D eigenvalue weighted by Crippen LogP contribution is -2.27. The fourth-order valence-corrected chi connectivity index (χ4v) is 1.93. The van der Waals surface area contributed by atoms with Crippen molar-refractivity contribution in [1.29, 1.82) is 5.26 Å². The molecule has 0 amide bonds. The van der Waals surface area contributed by atoms with Crippen LogP contribution in [0, 0.1) is 17.2 Å². The van der Waals surface area contributed by atoms with Crippen molar-refractivity contribution >= 4 is 16.7 Å². The van der Waals surface area contributed by atoms with E-state index in [1.54, 1.807) is 18.7 Å². The van der Waals surface area contributed by atoms with E-state index in [4.69, 9.17) is 5.26 Å². The van der Waals surface area contributed by atoms with Gasteiger partial charge in [-0.05, 0) is 13.8 Å². The first-order valence-corrected chi connectivity index (χ1v) is 5.71. The summed E-state index contributed by atoms with van der Waals surface area (Å²) < 4.78 is 40.2. The fourth-order valence-electron chi connectivity index (χ4n) is 1.17. The van der Waals surface area contributed by atoms with Crippen molar-refractivity contribution < 1.29 is 13.2 Å². The van der Waals surface area contributed by atoms with Gasteiger partial charge >= 0.3 is 6.18 Å². The minimum atomic E-state index is -4.52. The molecule has 1 unspecified atom stereocenters. The summed E-state index contributed by atoms with van der Waals surface area (Å²) in [5, 5.41) is 8.87. The Morgan fingerprint density at radius 2 is 2.18 bits per heavy atom. The van der Waals surface area contributed by atoms with Gasteiger partial charge in [-0.3, -0.25) is 0 Å². The van der Waals surface area contributed by atoms with Crippen LogP contribution in [-0.2, 0) is 6.18 Å². The molecule has 0 aliphatic heterocycles. The Morgan fingerprint density at radius 3 is 2.59 bits per heavy atom. The number of nitrogens with zero attached hydrogens (tertiary/aromatic N) is 4. The van der Waals surface area contributed by atoms with Gasteiger partial charge in [0.15, 0.2) is 0 Å². The molecule has 17 heavy (non-hydrogen) atoms. The van der Waals surface area contributed by atoms with Crippen molar-refractivity contribution in [2.75, 3.05) is 18.0 Å². The van der Waals surface area contributed by atoms with Crippen LogP contribution in [0.2, 0.25) is 0 Å². The number of nitriles is 1. The zero-order valence-corrected chi connectivity index (χ0v) is 10.1. The van der Waals surface area contributed by atoms with E-state index in [1.165, 1.54) is 0 Å². The second kappa shape index (κ2) is 5.31. The van der Waals surface area contributed by atoms with Crippen molar-refractivity contribution in [3.63, 3.8) is 0 Å². The largest absolute Gasteiger partial charge is 0.452 e. The molecule has 0 radical (unpaired) electrons. The monoisotopic (exact) mass is 264 g/mol. The second-order valence-electron chi connectivity index (χ2n) is 3.47. The predicted molar refractivity (Wildman–Crippen MR) is 57.6 cm³/mol. The lowest BCUT2D eigenvalue weighted by Gasteiger charge is -2.19. The van der Waals surface area contributed by atoms with E-state index < -0.39 is 12.0 Å². The summed E-state index contributed by atoms with van der Waals surface area (Å²) in [6.45, 7) is 4.32. The van der Waals surface area contributed by atoms with Gasteiger partial charge in [-0.2, -0.15) is 27.8 Å². The normalized spacial score (nSPS) is 13.2. The summed E-state index contributed by atoms with van der Waals surface area (Å²) in [7, 11) is 0. The maximum Gasteiger partial charge on any atom is 0.452 e. The van der Waals surface area contributed by atoms with Gasteiger partial charge in [-0.15, -0.1) is 0 Å². The molecular weight excluding hydrogens is 253 g/mol. The van der Waals surface area contributed by atoms with Crippen molar-refractivity contribution in [2.24, 2.45) is 5.92 Å². The zero-order chi connectivity index (χ0) is 13.1. The summed E-state index contributed by atoms with van der Waals surface area (Å²) >= 11 is 0.697. The van der Waals surface area contributed by atoms with Gasteiger partial charge in [0, 0.05) is 24.6 Å². The first-order chi connectivity index (χ1) is 7.88. The van der Waals surface area contributed by atoms with Crippen LogP contribution in [0.3, 0.4) is 0 Å². The van der Waals surface area contributed by atoms with Crippen LogP contribution in [0.15, 0.2) is 0 Å². The lowest BCUT2D eigenvalue weighted by molar-refractivity contribution is -0.144. The van der Waals surface area contributed by atoms with E-state index in [0.29, 0.717) is 24.6 Å². The summed E-state index contributed by atoms with van der Waals surface area (Å²) in [6, 6.07) is 2.03. The van der Waals surface area contributed by atoms with Crippen molar-refractivity contribution in [3.05, 3.63) is 5.82 Å². The number of anilines is 1. The maximum atomic E-state index is 12.3. The minimum Gasteiger partial charge on any atom is -0.346 e. The number of hydrogen-bond acceptors (Lipinski definition) is 5. The molecule has 8 heteroatoms. The third-order valence-corrected chi connectivity index (χ3v) is 2.81. The molecule has 4 nitrogen and oxygen atoms in total. The van der Waals surface area contributed by atoms with Gasteiger partial charge in [-0.1, -0.05) is 0 Å². The first kappa shape index (κ1) is 13.7. The van der Waals surface area contributed by atoms with Gasteiger partial charge in [0.25, 0.3) is 0 Å². The number of halogens is 3. The highest BCUT2D eigenvalue weighted by Gasteiger charge is 2.36. The van der Waals surface area contributed by atoms with Crippen molar-refractivity contribution in [3.8, 4) is 6.07 Å². The number of alkyl halides is 3. The second-order valence-corrected chi connectivity index (χ2v) is 4.20. The molecule has 1 rings (SSSR count). The summed E-state index contributed by atoms with van der Waals surface area (Å²) in [5.41, 5.74) is 0. The van der Waals surface area contributed by atoms with Gasteiger partial charge < -0.3 is 4.90 Å². The summed E-state index contributed by atoms with van der Waals surface area (Å²) in [5.74, 6) is -1.39. The Morgan fingerprint density at radius 1 is 1.53 bits per heavy atom. The van der Waals surface area contributed by atoms with Gasteiger partial charge in [-0.25, -0.2) is 0 Å². The molecule has 0 spiro atoms. The third-order valence-electron chi connectivity index (χ3n) is 2.04. The molecule has 0 aromatic carbocycles. The van der Waals surface area contributed by atoms with E-state index in [0.717, 1.165) is 0 Å². The van der Waals surface area contributed by atoms with Crippen LogP contribution in [0.5, 0.6) is 0 Å². The number of rotatable bonds is 4. The predicted octanol–water partition coefficient (Wildman–Crippen LogP) is 2.54. The Hall–Kier alpha value is -1.36. The standard InChI is InChI=1S/C9H11F3N4S/c1-3-16(5-6(2)4-13)8-14-7(15-17-8)9(10,11)12/h6H,3,5H2,1-2H3. The highest BCUT2D eigenvalue weighted by Crippen LogP contribution is 2.30. The molecule has 1 aromatic heterocycles. The average Bonchev–Trinajstić information content (AvgIpc) is 2.74. The smallest absolute Gasteiger partial charge is 0.346 e. The van der Waals surface area contributed by atoms with Gasteiger partial charge in [0.2, 0.25) is 11.0 Å².